The Morgan fingerprint density at radius 1 is 1.23 bits per heavy atom. The Kier molecular flexibility index (Phi) is 3.90. The van der Waals surface area contributed by atoms with Gasteiger partial charge in [-0.1, -0.05) is 34.1 Å². The Morgan fingerprint density at radius 3 is 2.82 bits per heavy atom. The van der Waals surface area contributed by atoms with Gasteiger partial charge in [-0.05, 0) is 36.8 Å². The molecule has 0 atom stereocenters. The summed E-state index contributed by atoms with van der Waals surface area (Å²) in [4.78, 5) is 12.4. The SMILES string of the molecule is COc1cccc2cc(C(=O)Nc3cc(Br)ccc3C)oc12. The maximum atomic E-state index is 12.4. The summed E-state index contributed by atoms with van der Waals surface area (Å²) in [6.45, 7) is 1.93. The number of nitrogens with one attached hydrogen (secondary N) is 1. The fourth-order valence-electron chi connectivity index (χ4n) is 2.22. The number of carbonyl (C=O) groups excluding carboxylic acids is 1. The minimum absolute atomic E-state index is 0.249. The number of methoxy groups -OCH3 is 1. The number of aryl methyl sites for hydroxylation is 1. The number of benzene rings is 2. The number of carbonyl (C=O) groups is 1. The second kappa shape index (κ2) is 5.85. The number of halogens is 1. The largest absolute Gasteiger partial charge is 0.493 e. The van der Waals surface area contributed by atoms with E-state index >= 15 is 0 Å². The van der Waals surface area contributed by atoms with Gasteiger partial charge in [0.25, 0.3) is 5.91 Å². The van der Waals surface area contributed by atoms with Crippen LogP contribution in [0.5, 0.6) is 5.75 Å². The fraction of sp³-hybridized carbons (Fsp3) is 0.118. The molecule has 1 heterocycles. The molecule has 0 radical (unpaired) electrons. The molecule has 0 saturated heterocycles. The average molecular weight is 360 g/mol. The van der Waals surface area contributed by atoms with E-state index in [0.717, 1.165) is 21.1 Å². The van der Waals surface area contributed by atoms with Gasteiger partial charge in [0, 0.05) is 15.5 Å². The molecule has 22 heavy (non-hydrogen) atoms. The van der Waals surface area contributed by atoms with Crippen molar-refractivity contribution in [1.29, 1.82) is 0 Å². The maximum Gasteiger partial charge on any atom is 0.291 e. The van der Waals surface area contributed by atoms with Gasteiger partial charge in [-0.15, -0.1) is 0 Å². The molecule has 0 fully saturated rings. The van der Waals surface area contributed by atoms with Gasteiger partial charge in [-0.25, -0.2) is 0 Å². The van der Waals surface area contributed by atoms with Crippen LogP contribution in [0, 0.1) is 6.92 Å². The van der Waals surface area contributed by atoms with Crippen molar-refractivity contribution < 1.29 is 13.9 Å². The van der Waals surface area contributed by atoms with Crippen molar-refractivity contribution in [3.8, 4) is 5.75 Å². The molecule has 0 spiro atoms. The number of furan rings is 1. The van der Waals surface area contributed by atoms with E-state index in [9.17, 15) is 4.79 Å². The second-order valence-electron chi connectivity index (χ2n) is 4.90. The first-order valence-electron chi connectivity index (χ1n) is 6.72. The van der Waals surface area contributed by atoms with Crippen molar-refractivity contribution in [3.63, 3.8) is 0 Å². The molecule has 0 saturated carbocycles. The normalized spacial score (nSPS) is 10.7. The highest BCUT2D eigenvalue weighted by atomic mass is 79.9. The zero-order chi connectivity index (χ0) is 15.7. The van der Waals surface area contributed by atoms with E-state index in [1.807, 2.05) is 37.3 Å². The van der Waals surface area contributed by atoms with Crippen LogP contribution in [0.15, 0.2) is 51.4 Å². The van der Waals surface area contributed by atoms with E-state index in [2.05, 4.69) is 21.2 Å². The van der Waals surface area contributed by atoms with Gasteiger partial charge in [-0.3, -0.25) is 4.79 Å². The average Bonchev–Trinajstić information content (AvgIpc) is 2.95. The Morgan fingerprint density at radius 2 is 2.05 bits per heavy atom. The summed E-state index contributed by atoms with van der Waals surface area (Å²) in [5.74, 6) is 0.563. The first kappa shape index (κ1) is 14.7. The topological polar surface area (TPSA) is 51.5 Å². The summed E-state index contributed by atoms with van der Waals surface area (Å²) in [5.41, 5.74) is 2.29. The molecule has 3 aromatic rings. The first-order valence-corrected chi connectivity index (χ1v) is 7.52. The van der Waals surface area contributed by atoms with Crippen molar-refractivity contribution in [3.05, 3.63) is 58.3 Å². The lowest BCUT2D eigenvalue weighted by atomic mass is 10.2. The molecule has 5 heteroatoms. The Labute approximate surface area is 136 Å². The molecular formula is C17H14BrNO3. The number of fused-ring (bicyclic) bond motifs is 1. The molecule has 0 aliphatic carbocycles. The zero-order valence-electron chi connectivity index (χ0n) is 12.1. The molecule has 112 valence electrons. The van der Waals surface area contributed by atoms with E-state index < -0.39 is 0 Å². The Bertz CT molecular complexity index is 854. The highest BCUT2D eigenvalue weighted by Gasteiger charge is 2.15. The smallest absolute Gasteiger partial charge is 0.291 e. The summed E-state index contributed by atoms with van der Waals surface area (Å²) in [5, 5.41) is 3.69. The maximum absolute atomic E-state index is 12.4. The molecule has 4 nitrogen and oxygen atoms in total. The van der Waals surface area contributed by atoms with Crippen molar-refractivity contribution in [2.75, 3.05) is 12.4 Å². The zero-order valence-corrected chi connectivity index (χ0v) is 13.7. The van der Waals surface area contributed by atoms with Crippen LogP contribution in [0.1, 0.15) is 16.1 Å². The monoisotopic (exact) mass is 359 g/mol. The van der Waals surface area contributed by atoms with Gasteiger partial charge in [0.1, 0.15) is 0 Å². The van der Waals surface area contributed by atoms with Gasteiger partial charge in [0.05, 0.1) is 7.11 Å². The number of para-hydroxylation sites is 1. The molecule has 0 aliphatic rings. The van der Waals surface area contributed by atoms with Crippen molar-refractivity contribution in [1.82, 2.24) is 0 Å². The van der Waals surface area contributed by atoms with Crippen molar-refractivity contribution in [2.45, 2.75) is 6.92 Å². The molecule has 1 aromatic heterocycles. The van der Waals surface area contributed by atoms with E-state index in [1.54, 1.807) is 19.2 Å². The fourth-order valence-corrected chi connectivity index (χ4v) is 2.58. The van der Waals surface area contributed by atoms with Gasteiger partial charge in [-0.2, -0.15) is 0 Å². The summed E-state index contributed by atoms with van der Waals surface area (Å²) in [6, 6.07) is 13.0. The van der Waals surface area contributed by atoms with Crippen LogP contribution < -0.4 is 10.1 Å². The van der Waals surface area contributed by atoms with Crippen LogP contribution in [-0.4, -0.2) is 13.0 Å². The van der Waals surface area contributed by atoms with Gasteiger partial charge >= 0.3 is 0 Å². The quantitative estimate of drug-likeness (QED) is 0.732. The highest BCUT2D eigenvalue weighted by Crippen LogP contribution is 2.29. The first-order chi connectivity index (χ1) is 10.6. The van der Waals surface area contributed by atoms with Crippen molar-refractivity contribution in [2.24, 2.45) is 0 Å². The third-order valence-corrected chi connectivity index (χ3v) is 3.89. The number of rotatable bonds is 3. The lowest BCUT2D eigenvalue weighted by Gasteiger charge is -2.07. The van der Waals surface area contributed by atoms with Crippen LogP contribution in [0.25, 0.3) is 11.0 Å². The summed E-state index contributed by atoms with van der Waals surface area (Å²) < 4.78 is 11.8. The van der Waals surface area contributed by atoms with Gasteiger partial charge in [0.15, 0.2) is 17.1 Å². The molecule has 1 N–H and O–H groups in total. The van der Waals surface area contributed by atoms with Crippen LogP contribution in [0.3, 0.4) is 0 Å². The van der Waals surface area contributed by atoms with E-state index in [0.29, 0.717) is 11.3 Å². The summed E-state index contributed by atoms with van der Waals surface area (Å²) in [6.07, 6.45) is 0. The van der Waals surface area contributed by atoms with Crippen molar-refractivity contribution >= 4 is 38.5 Å². The molecule has 2 aromatic carbocycles. The van der Waals surface area contributed by atoms with Crippen LogP contribution >= 0.6 is 15.9 Å². The molecule has 0 bridgehead atoms. The van der Waals surface area contributed by atoms with Crippen LogP contribution in [-0.2, 0) is 0 Å². The molecule has 3 rings (SSSR count). The third-order valence-electron chi connectivity index (χ3n) is 3.40. The van der Waals surface area contributed by atoms with E-state index in [4.69, 9.17) is 9.15 Å². The third kappa shape index (κ3) is 2.72. The van der Waals surface area contributed by atoms with Gasteiger partial charge < -0.3 is 14.5 Å². The summed E-state index contributed by atoms with van der Waals surface area (Å²) >= 11 is 3.40. The number of amides is 1. The van der Waals surface area contributed by atoms with Gasteiger partial charge in [0.2, 0.25) is 0 Å². The number of hydrogen-bond donors (Lipinski definition) is 1. The molecule has 1 amide bonds. The number of anilines is 1. The van der Waals surface area contributed by atoms with Crippen LogP contribution in [0.4, 0.5) is 5.69 Å². The standard InChI is InChI=1S/C17H14BrNO3/c1-10-6-7-12(18)9-13(10)19-17(20)15-8-11-4-3-5-14(21-2)16(11)22-15/h3-9H,1-2H3,(H,19,20). The lowest BCUT2D eigenvalue weighted by Crippen LogP contribution is -2.11. The highest BCUT2D eigenvalue weighted by molar-refractivity contribution is 9.10. The van der Waals surface area contributed by atoms with E-state index in [-0.39, 0.29) is 11.7 Å². The predicted octanol–water partition coefficient (Wildman–Crippen LogP) is 4.76. The lowest BCUT2D eigenvalue weighted by molar-refractivity contribution is 0.0998. The predicted molar refractivity (Wildman–Crippen MR) is 89.6 cm³/mol. The summed E-state index contributed by atoms with van der Waals surface area (Å²) in [7, 11) is 1.57. The van der Waals surface area contributed by atoms with Crippen LogP contribution in [0.2, 0.25) is 0 Å². The molecular weight excluding hydrogens is 346 g/mol. The molecule has 0 unspecified atom stereocenters. The second-order valence-corrected chi connectivity index (χ2v) is 5.82. The minimum atomic E-state index is -0.292. The number of hydrogen-bond acceptors (Lipinski definition) is 3. The Balaban J connectivity index is 1.94. The Hall–Kier alpha value is -2.27. The minimum Gasteiger partial charge on any atom is -0.493 e. The van der Waals surface area contributed by atoms with E-state index in [1.165, 1.54) is 0 Å². The number of ether oxygens (including phenoxy) is 1. The molecule has 0 aliphatic heterocycles.